The molecule has 0 spiro atoms. The molecule has 3 aromatic carbocycles. The first-order valence-electron chi connectivity index (χ1n) is 11.1. The van der Waals surface area contributed by atoms with Crippen molar-refractivity contribution < 1.29 is 22.4 Å². The maximum absolute atomic E-state index is 13.6. The fourth-order valence-corrected chi connectivity index (χ4v) is 5.46. The third-order valence-corrected chi connectivity index (χ3v) is 7.94. The predicted octanol–water partition coefficient (Wildman–Crippen LogP) is 4.26. The zero-order valence-corrected chi connectivity index (χ0v) is 22.5. The van der Waals surface area contributed by atoms with Gasteiger partial charge in [-0.25, -0.2) is 12.8 Å². The normalized spacial score (nSPS) is 12.0. The predicted molar refractivity (Wildman–Crippen MR) is 140 cm³/mol. The molecule has 7 nitrogen and oxygen atoms in total. The lowest BCUT2D eigenvalue weighted by atomic mass is 10.1. The second kappa shape index (κ2) is 11.7. The van der Waals surface area contributed by atoms with E-state index in [1.165, 1.54) is 11.9 Å². The average molecular weight is 576 g/mol. The molecule has 0 aliphatic carbocycles. The zero-order valence-electron chi connectivity index (χ0n) is 20.1. The van der Waals surface area contributed by atoms with Gasteiger partial charge in [-0.2, -0.15) is 0 Å². The molecule has 0 unspecified atom stereocenters. The Balaban J connectivity index is 2.02. The molecule has 0 heterocycles. The van der Waals surface area contributed by atoms with E-state index in [0.29, 0.717) is 0 Å². The number of rotatable bonds is 9. The molecule has 1 atom stereocenters. The van der Waals surface area contributed by atoms with E-state index >= 15 is 0 Å². The number of anilines is 1. The number of aryl methyl sites for hydroxylation is 1. The van der Waals surface area contributed by atoms with E-state index in [2.05, 4.69) is 21.2 Å². The van der Waals surface area contributed by atoms with Crippen LogP contribution < -0.4 is 9.62 Å². The van der Waals surface area contributed by atoms with Gasteiger partial charge in [0.25, 0.3) is 10.0 Å². The van der Waals surface area contributed by atoms with Crippen LogP contribution in [0.4, 0.5) is 10.1 Å². The van der Waals surface area contributed by atoms with Crippen molar-refractivity contribution in [2.75, 3.05) is 17.9 Å². The van der Waals surface area contributed by atoms with Crippen LogP contribution in [-0.2, 0) is 26.2 Å². The maximum atomic E-state index is 13.6. The minimum Gasteiger partial charge on any atom is -0.357 e. The third kappa shape index (κ3) is 6.50. The molecule has 0 radical (unpaired) electrons. The number of nitrogens with one attached hydrogen (secondary N) is 1. The highest BCUT2D eigenvalue weighted by Gasteiger charge is 2.32. The summed E-state index contributed by atoms with van der Waals surface area (Å²) in [6, 6.07) is 17.5. The highest BCUT2D eigenvalue weighted by atomic mass is 79.9. The Morgan fingerprint density at radius 3 is 2.25 bits per heavy atom. The summed E-state index contributed by atoms with van der Waals surface area (Å²) in [6.07, 6.45) is 0. The number of carbonyl (C=O) groups is 2. The molecule has 0 fully saturated rings. The van der Waals surface area contributed by atoms with Gasteiger partial charge in [-0.15, -0.1) is 0 Å². The van der Waals surface area contributed by atoms with Crippen LogP contribution in [0.2, 0.25) is 0 Å². The van der Waals surface area contributed by atoms with Crippen LogP contribution in [0.5, 0.6) is 0 Å². The second-order valence-corrected chi connectivity index (χ2v) is 11.0. The highest BCUT2D eigenvalue weighted by Crippen LogP contribution is 2.25. The number of halogens is 2. The van der Waals surface area contributed by atoms with E-state index < -0.39 is 34.3 Å². The molecule has 36 heavy (non-hydrogen) atoms. The van der Waals surface area contributed by atoms with Gasteiger partial charge in [0.05, 0.1) is 10.6 Å². The van der Waals surface area contributed by atoms with Gasteiger partial charge in [-0.3, -0.25) is 13.9 Å². The molecule has 2 amide bonds. The Bertz CT molecular complexity index is 1330. The molecule has 3 aromatic rings. The summed E-state index contributed by atoms with van der Waals surface area (Å²) in [5, 5.41) is 2.54. The fourth-order valence-electron chi connectivity index (χ4n) is 3.60. The monoisotopic (exact) mass is 575 g/mol. The third-order valence-electron chi connectivity index (χ3n) is 5.66. The van der Waals surface area contributed by atoms with Crippen molar-refractivity contribution in [3.63, 3.8) is 0 Å². The molecule has 0 bridgehead atoms. The number of amides is 2. The first-order valence-corrected chi connectivity index (χ1v) is 13.4. The summed E-state index contributed by atoms with van der Waals surface area (Å²) < 4.78 is 42.5. The summed E-state index contributed by atoms with van der Waals surface area (Å²) in [5.74, 6) is -1.54. The highest BCUT2D eigenvalue weighted by molar-refractivity contribution is 9.10. The lowest BCUT2D eigenvalue weighted by Gasteiger charge is -2.31. The molecule has 10 heteroatoms. The first-order chi connectivity index (χ1) is 17.0. The number of likely N-dealkylation sites (N-methyl/N-ethyl adjacent to an activating group) is 1. The quantitative estimate of drug-likeness (QED) is 0.413. The van der Waals surface area contributed by atoms with Gasteiger partial charge in [0.2, 0.25) is 11.8 Å². The number of benzene rings is 3. The van der Waals surface area contributed by atoms with E-state index in [-0.39, 0.29) is 23.0 Å². The maximum Gasteiger partial charge on any atom is 0.264 e. The summed E-state index contributed by atoms with van der Waals surface area (Å²) in [6.45, 7) is 2.97. The molecular weight excluding hydrogens is 549 g/mol. The van der Waals surface area contributed by atoms with Crippen LogP contribution in [0.1, 0.15) is 18.1 Å². The molecule has 190 valence electrons. The van der Waals surface area contributed by atoms with Gasteiger partial charge in [-0.1, -0.05) is 45.8 Å². The Labute approximate surface area is 219 Å². The van der Waals surface area contributed by atoms with Crippen molar-refractivity contribution in [3.8, 4) is 0 Å². The Morgan fingerprint density at radius 2 is 1.67 bits per heavy atom. The van der Waals surface area contributed by atoms with E-state index in [1.807, 2.05) is 31.2 Å². The van der Waals surface area contributed by atoms with Gasteiger partial charge in [-0.05, 0) is 67.9 Å². The van der Waals surface area contributed by atoms with E-state index in [4.69, 9.17) is 0 Å². The minimum atomic E-state index is -4.23. The minimum absolute atomic E-state index is 0.0885. The molecular formula is C26H27BrFN3O4S. The molecule has 0 saturated heterocycles. The van der Waals surface area contributed by atoms with Gasteiger partial charge >= 0.3 is 0 Å². The summed E-state index contributed by atoms with van der Waals surface area (Å²) in [7, 11) is -2.76. The SMILES string of the molecule is CNC(=O)[C@H](C)N(Cc1cccc(Br)c1)C(=O)CN(c1ccc(C)cc1)S(=O)(=O)c1ccc(F)cc1. The van der Waals surface area contributed by atoms with Gasteiger partial charge in [0, 0.05) is 18.1 Å². The standard InChI is InChI=1S/C26H27BrFN3O4S/c1-18-7-11-23(12-8-18)31(36(34,35)24-13-9-22(28)10-14-24)17-25(32)30(19(2)26(33)29-3)16-20-5-4-6-21(27)15-20/h4-15,19H,16-17H2,1-3H3,(H,29,33)/t19-/m0/s1. The number of nitrogens with zero attached hydrogens (tertiary/aromatic N) is 2. The van der Waals surface area contributed by atoms with Crippen LogP contribution in [0.15, 0.2) is 82.2 Å². The Hall–Kier alpha value is -3.24. The molecule has 0 aromatic heterocycles. The van der Waals surface area contributed by atoms with E-state index in [1.54, 1.807) is 31.2 Å². The van der Waals surface area contributed by atoms with Crippen LogP contribution in [0, 0.1) is 12.7 Å². The van der Waals surface area contributed by atoms with Crippen molar-refractivity contribution in [3.05, 3.63) is 94.2 Å². The Morgan fingerprint density at radius 1 is 1.03 bits per heavy atom. The molecule has 3 rings (SSSR count). The molecule has 0 aliphatic rings. The molecule has 0 aliphatic heterocycles. The van der Waals surface area contributed by atoms with Crippen molar-refractivity contribution in [1.29, 1.82) is 0 Å². The number of carbonyl (C=O) groups excluding carboxylic acids is 2. The van der Waals surface area contributed by atoms with Crippen LogP contribution in [0.3, 0.4) is 0 Å². The smallest absolute Gasteiger partial charge is 0.264 e. The number of sulfonamides is 1. The van der Waals surface area contributed by atoms with Gasteiger partial charge in [0.1, 0.15) is 18.4 Å². The van der Waals surface area contributed by atoms with Crippen molar-refractivity contribution >= 4 is 43.5 Å². The summed E-state index contributed by atoms with van der Waals surface area (Å²) in [4.78, 5) is 27.3. The summed E-state index contributed by atoms with van der Waals surface area (Å²) >= 11 is 3.41. The lowest BCUT2D eigenvalue weighted by Crippen LogP contribution is -2.50. The van der Waals surface area contributed by atoms with Crippen LogP contribution in [-0.4, -0.2) is 44.8 Å². The zero-order chi connectivity index (χ0) is 26.5. The van der Waals surface area contributed by atoms with E-state index in [0.717, 1.165) is 44.2 Å². The first kappa shape index (κ1) is 27.3. The Kier molecular flexibility index (Phi) is 8.86. The van der Waals surface area contributed by atoms with Crippen molar-refractivity contribution in [1.82, 2.24) is 10.2 Å². The van der Waals surface area contributed by atoms with Crippen molar-refractivity contribution in [2.45, 2.75) is 31.3 Å². The van der Waals surface area contributed by atoms with Gasteiger partial charge in [0.15, 0.2) is 0 Å². The largest absolute Gasteiger partial charge is 0.357 e. The lowest BCUT2D eigenvalue weighted by molar-refractivity contribution is -0.139. The molecule has 1 N–H and O–H groups in total. The van der Waals surface area contributed by atoms with Crippen LogP contribution >= 0.6 is 15.9 Å². The van der Waals surface area contributed by atoms with Crippen LogP contribution in [0.25, 0.3) is 0 Å². The van der Waals surface area contributed by atoms with Gasteiger partial charge < -0.3 is 10.2 Å². The second-order valence-electron chi connectivity index (χ2n) is 8.24. The number of hydrogen-bond acceptors (Lipinski definition) is 4. The average Bonchev–Trinajstić information content (AvgIpc) is 2.85. The molecule has 0 saturated carbocycles. The topological polar surface area (TPSA) is 86.8 Å². The number of hydrogen-bond donors (Lipinski definition) is 1. The van der Waals surface area contributed by atoms with E-state index in [9.17, 15) is 22.4 Å². The summed E-state index contributed by atoms with van der Waals surface area (Å²) in [5.41, 5.74) is 1.94. The van der Waals surface area contributed by atoms with Crippen molar-refractivity contribution in [2.24, 2.45) is 0 Å². The fraction of sp³-hybridized carbons (Fsp3) is 0.231.